The summed E-state index contributed by atoms with van der Waals surface area (Å²) in [5, 5.41) is 2.90. The summed E-state index contributed by atoms with van der Waals surface area (Å²) in [6.45, 7) is 4.81. The van der Waals surface area contributed by atoms with Crippen molar-refractivity contribution in [1.29, 1.82) is 0 Å². The fraction of sp³-hybridized carbons (Fsp3) is 0.364. The molecule has 0 bridgehead atoms. The largest absolute Gasteiger partial charge is 0.354 e. The molecule has 4 nitrogen and oxygen atoms in total. The number of hydrogen-bond donors (Lipinski definition) is 1. The number of halogens is 2. The molecule has 0 spiro atoms. The van der Waals surface area contributed by atoms with E-state index in [1.165, 1.54) is 5.56 Å². The van der Waals surface area contributed by atoms with Crippen molar-refractivity contribution in [2.75, 3.05) is 12.3 Å². The van der Waals surface area contributed by atoms with Crippen LogP contribution in [0, 0.1) is 0 Å². The van der Waals surface area contributed by atoms with E-state index in [-0.39, 0.29) is 11.8 Å². The van der Waals surface area contributed by atoms with Gasteiger partial charge < -0.3 is 10.2 Å². The second-order valence-corrected chi connectivity index (χ2v) is 9.55. The smallest absolute Gasteiger partial charge is 0.242 e. The van der Waals surface area contributed by atoms with Crippen molar-refractivity contribution < 1.29 is 9.59 Å². The monoisotopic (exact) mass is 540 g/mol. The molecule has 7 heteroatoms. The van der Waals surface area contributed by atoms with E-state index in [9.17, 15) is 9.59 Å². The number of thioether (sulfide) groups is 1. The molecule has 1 N–H and O–H groups in total. The van der Waals surface area contributed by atoms with Crippen molar-refractivity contribution in [2.45, 2.75) is 38.6 Å². The number of amides is 2. The van der Waals surface area contributed by atoms with E-state index in [4.69, 9.17) is 0 Å². The van der Waals surface area contributed by atoms with Crippen molar-refractivity contribution in [3.63, 3.8) is 0 Å². The van der Waals surface area contributed by atoms with Gasteiger partial charge in [0.25, 0.3) is 0 Å². The molecule has 0 aromatic heterocycles. The molecule has 2 aromatic rings. The van der Waals surface area contributed by atoms with Crippen molar-refractivity contribution in [2.24, 2.45) is 0 Å². The highest BCUT2D eigenvalue weighted by Crippen LogP contribution is 2.19. The van der Waals surface area contributed by atoms with E-state index < -0.39 is 6.04 Å². The van der Waals surface area contributed by atoms with Gasteiger partial charge in [-0.05, 0) is 48.7 Å². The van der Waals surface area contributed by atoms with Crippen LogP contribution in [0.5, 0.6) is 0 Å². The number of carbonyl (C=O) groups excluding carboxylic acids is 2. The van der Waals surface area contributed by atoms with Crippen LogP contribution in [0.3, 0.4) is 0 Å². The fourth-order valence-electron chi connectivity index (χ4n) is 2.73. The molecule has 1 atom stereocenters. The van der Waals surface area contributed by atoms with Gasteiger partial charge in [-0.3, -0.25) is 9.59 Å². The van der Waals surface area contributed by atoms with Gasteiger partial charge in [-0.1, -0.05) is 63.0 Å². The highest BCUT2D eigenvalue weighted by Gasteiger charge is 2.25. The van der Waals surface area contributed by atoms with Crippen LogP contribution in [0.1, 0.15) is 31.4 Å². The Morgan fingerprint density at radius 3 is 2.45 bits per heavy atom. The topological polar surface area (TPSA) is 49.4 Å². The zero-order chi connectivity index (χ0) is 21.2. The molecule has 2 aromatic carbocycles. The SMILES string of the molecule is CCCNC(=O)[C@H](C)N(Cc1cccc(Br)c1)C(=O)CSCc1ccc(Br)cc1. The summed E-state index contributed by atoms with van der Waals surface area (Å²) in [6.07, 6.45) is 0.862. The van der Waals surface area contributed by atoms with Crippen LogP contribution in [0.15, 0.2) is 57.5 Å². The molecule has 0 fully saturated rings. The Labute approximate surface area is 194 Å². The number of hydrogen-bond acceptors (Lipinski definition) is 3. The van der Waals surface area contributed by atoms with Crippen LogP contribution in [0.4, 0.5) is 0 Å². The number of benzene rings is 2. The molecule has 0 aliphatic carbocycles. The minimum atomic E-state index is -0.527. The molecule has 0 saturated carbocycles. The zero-order valence-corrected chi connectivity index (χ0v) is 20.6. The van der Waals surface area contributed by atoms with Gasteiger partial charge in [-0.15, -0.1) is 11.8 Å². The predicted octanol–water partition coefficient (Wildman–Crippen LogP) is 5.39. The molecule has 156 valence electrons. The molecule has 0 heterocycles. The Hall–Kier alpha value is -1.31. The maximum atomic E-state index is 13.0. The summed E-state index contributed by atoms with van der Waals surface area (Å²) in [4.78, 5) is 27.2. The molecule has 2 amide bonds. The van der Waals surface area contributed by atoms with Crippen LogP contribution in [-0.2, 0) is 21.9 Å². The van der Waals surface area contributed by atoms with Crippen LogP contribution >= 0.6 is 43.6 Å². The van der Waals surface area contributed by atoms with Gasteiger partial charge in [0.1, 0.15) is 6.04 Å². The minimum Gasteiger partial charge on any atom is -0.354 e. The zero-order valence-electron chi connectivity index (χ0n) is 16.7. The second-order valence-electron chi connectivity index (χ2n) is 6.74. The van der Waals surface area contributed by atoms with Crippen molar-refractivity contribution in [1.82, 2.24) is 10.2 Å². The number of rotatable bonds is 10. The second kappa shape index (κ2) is 12.4. The minimum absolute atomic E-state index is 0.0359. The van der Waals surface area contributed by atoms with E-state index >= 15 is 0 Å². The Bertz CT molecular complexity index is 815. The maximum Gasteiger partial charge on any atom is 0.242 e. The first-order valence-corrected chi connectivity index (χ1v) is 12.3. The van der Waals surface area contributed by atoms with Crippen LogP contribution in [0.25, 0.3) is 0 Å². The number of carbonyl (C=O) groups is 2. The lowest BCUT2D eigenvalue weighted by Crippen LogP contribution is -2.48. The lowest BCUT2D eigenvalue weighted by Gasteiger charge is -2.29. The molecule has 0 radical (unpaired) electrons. The summed E-state index contributed by atoms with van der Waals surface area (Å²) < 4.78 is 1.99. The van der Waals surface area contributed by atoms with Gasteiger partial charge in [-0.2, -0.15) is 0 Å². The first-order valence-electron chi connectivity index (χ1n) is 9.54. The lowest BCUT2D eigenvalue weighted by molar-refractivity contribution is -0.138. The molecule has 0 aliphatic rings. The Morgan fingerprint density at radius 1 is 1.07 bits per heavy atom. The Kier molecular flexibility index (Phi) is 10.2. The highest BCUT2D eigenvalue weighted by atomic mass is 79.9. The van der Waals surface area contributed by atoms with Crippen molar-refractivity contribution in [3.05, 3.63) is 68.6 Å². The molecule has 0 unspecified atom stereocenters. The summed E-state index contributed by atoms with van der Waals surface area (Å²) in [7, 11) is 0. The van der Waals surface area contributed by atoms with Crippen LogP contribution in [0.2, 0.25) is 0 Å². The fourth-order valence-corrected chi connectivity index (χ4v) is 4.31. The third-order valence-corrected chi connectivity index (χ3v) is 6.38. The van der Waals surface area contributed by atoms with E-state index in [0.29, 0.717) is 18.8 Å². The van der Waals surface area contributed by atoms with Gasteiger partial charge in [0.15, 0.2) is 0 Å². The summed E-state index contributed by atoms with van der Waals surface area (Å²) >= 11 is 8.46. The average molecular weight is 542 g/mol. The van der Waals surface area contributed by atoms with Gasteiger partial charge in [0.2, 0.25) is 11.8 Å². The summed E-state index contributed by atoms with van der Waals surface area (Å²) in [6, 6.07) is 15.4. The molecule has 2 rings (SSSR count). The summed E-state index contributed by atoms with van der Waals surface area (Å²) in [5.74, 6) is 0.926. The Morgan fingerprint density at radius 2 is 1.79 bits per heavy atom. The van der Waals surface area contributed by atoms with E-state index in [0.717, 1.165) is 26.7 Å². The molecule has 0 saturated heterocycles. The summed E-state index contributed by atoms with van der Waals surface area (Å²) in [5.41, 5.74) is 2.15. The van der Waals surface area contributed by atoms with Gasteiger partial charge in [0, 0.05) is 27.8 Å². The van der Waals surface area contributed by atoms with Gasteiger partial charge >= 0.3 is 0 Å². The number of nitrogens with one attached hydrogen (secondary N) is 1. The molecular weight excluding hydrogens is 516 g/mol. The van der Waals surface area contributed by atoms with E-state index in [1.807, 2.05) is 55.5 Å². The Balaban J connectivity index is 2.04. The predicted molar refractivity (Wildman–Crippen MR) is 128 cm³/mol. The molecule has 29 heavy (non-hydrogen) atoms. The third kappa shape index (κ3) is 8.15. The average Bonchev–Trinajstić information content (AvgIpc) is 2.71. The van der Waals surface area contributed by atoms with Crippen molar-refractivity contribution in [3.8, 4) is 0 Å². The maximum absolute atomic E-state index is 13.0. The number of nitrogens with zero attached hydrogens (tertiary/aromatic N) is 1. The third-order valence-electron chi connectivity index (χ3n) is 4.37. The van der Waals surface area contributed by atoms with Crippen molar-refractivity contribution >= 4 is 55.4 Å². The first kappa shape index (κ1) is 24.0. The van der Waals surface area contributed by atoms with Gasteiger partial charge in [-0.25, -0.2) is 0 Å². The lowest BCUT2D eigenvalue weighted by atomic mass is 10.1. The van der Waals surface area contributed by atoms with E-state index in [2.05, 4.69) is 37.2 Å². The first-order chi connectivity index (χ1) is 13.9. The molecule has 0 aliphatic heterocycles. The van der Waals surface area contributed by atoms with Gasteiger partial charge in [0.05, 0.1) is 5.75 Å². The normalized spacial score (nSPS) is 11.7. The van der Waals surface area contributed by atoms with Crippen LogP contribution in [-0.4, -0.2) is 35.1 Å². The molecular formula is C22H26Br2N2O2S. The van der Waals surface area contributed by atoms with E-state index in [1.54, 1.807) is 23.6 Å². The standard InChI is InChI=1S/C22H26Br2N2O2S/c1-3-11-25-22(28)16(2)26(13-18-5-4-6-20(24)12-18)21(27)15-29-14-17-7-9-19(23)10-8-17/h4-10,12,16H,3,11,13-15H2,1-2H3,(H,25,28)/t16-/m0/s1. The van der Waals surface area contributed by atoms with Crippen LogP contribution < -0.4 is 5.32 Å². The quantitative estimate of drug-likeness (QED) is 0.439. The highest BCUT2D eigenvalue weighted by molar-refractivity contribution is 9.10.